The second-order valence-electron chi connectivity index (χ2n) is 7.01. The summed E-state index contributed by atoms with van der Waals surface area (Å²) in [6, 6.07) is -1.20. The third-order valence-corrected chi connectivity index (χ3v) is 4.55. The fraction of sp³-hybridized carbons (Fsp3) is 0.737. The molecule has 2 N–H and O–H groups in total. The first-order valence-electron chi connectivity index (χ1n) is 9.61. The highest BCUT2D eigenvalue weighted by atomic mass is 16.7. The predicted molar refractivity (Wildman–Crippen MR) is 103 cm³/mol. The van der Waals surface area contributed by atoms with Crippen molar-refractivity contribution in [1.29, 1.82) is 0 Å². The average molecular weight is 463 g/mol. The molecule has 182 valence electrons. The number of nitrogens with one attached hydrogen (secondary N) is 1. The zero-order valence-corrected chi connectivity index (χ0v) is 18.7. The number of methoxy groups -OCH3 is 2. The maximum Gasteiger partial charge on any atom is 0.366 e. The maximum atomic E-state index is 12.5. The Balaban J connectivity index is 3.65. The molecule has 32 heavy (non-hydrogen) atoms. The molecule has 1 aliphatic heterocycles. The van der Waals surface area contributed by atoms with Crippen molar-refractivity contribution >= 4 is 29.8 Å². The molecule has 0 spiro atoms. The van der Waals surface area contributed by atoms with E-state index in [1.807, 2.05) is 0 Å². The van der Waals surface area contributed by atoms with Gasteiger partial charge in [0.15, 0.2) is 12.2 Å². The van der Waals surface area contributed by atoms with Gasteiger partial charge in [-0.15, -0.1) is 0 Å². The lowest BCUT2D eigenvalue weighted by atomic mass is 9.88. The first-order chi connectivity index (χ1) is 14.9. The Morgan fingerprint density at radius 2 is 1.62 bits per heavy atom. The quantitative estimate of drug-likeness (QED) is 0.302. The Morgan fingerprint density at radius 1 is 1.03 bits per heavy atom. The molecular weight excluding hydrogens is 434 g/mol. The van der Waals surface area contributed by atoms with E-state index in [0.29, 0.717) is 0 Å². The number of carbonyl (C=O) groups excluding carboxylic acids is 5. The van der Waals surface area contributed by atoms with E-state index in [-0.39, 0.29) is 6.42 Å². The molecule has 6 atom stereocenters. The van der Waals surface area contributed by atoms with Gasteiger partial charge >= 0.3 is 23.9 Å². The summed E-state index contributed by atoms with van der Waals surface area (Å²) < 4.78 is 31.5. The van der Waals surface area contributed by atoms with Gasteiger partial charge in [0.25, 0.3) is 5.79 Å². The van der Waals surface area contributed by atoms with E-state index in [0.717, 1.165) is 35.0 Å². The molecule has 0 bridgehead atoms. The molecule has 0 radical (unpaired) electrons. The molecule has 0 unspecified atom stereocenters. The van der Waals surface area contributed by atoms with Gasteiger partial charge in [0, 0.05) is 34.8 Å². The number of carbonyl (C=O) groups is 5. The van der Waals surface area contributed by atoms with Crippen LogP contribution in [0.1, 0.15) is 34.1 Å². The van der Waals surface area contributed by atoms with Crippen LogP contribution in [-0.4, -0.2) is 92.0 Å². The third kappa shape index (κ3) is 6.87. The van der Waals surface area contributed by atoms with Crippen LogP contribution in [0.2, 0.25) is 0 Å². The summed E-state index contributed by atoms with van der Waals surface area (Å²) >= 11 is 0. The summed E-state index contributed by atoms with van der Waals surface area (Å²) in [4.78, 5) is 59.5. The Bertz CT molecular complexity index is 725. The molecule has 1 heterocycles. The van der Waals surface area contributed by atoms with Gasteiger partial charge in [0.05, 0.1) is 26.2 Å². The molecule has 13 nitrogen and oxygen atoms in total. The van der Waals surface area contributed by atoms with Gasteiger partial charge in [-0.3, -0.25) is 19.2 Å². The summed E-state index contributed by atoms with van der Waals surface area (Å²) in [5.74, 6) is -6.11. The summed E-state index contributed by atoms with van der Waals surface area (Å²) in [5, 5.41) is 12.3. The summed E-state index contributed by atoms with van der Waals surface area (Å²) in [7, 11) is 2.20. The van der Waals surface area contributed by atoms with E-state index in [9.17, 15) is 29.1 Å². The molecule has 0 aliphatic carbocycles. The van der Waals surface area contributed by atoms with E-state index in [4.69, 9.17) is 28.4 Å². The average Bonchev–Trinajstić information content (AvgIpc) is 2.70. The van der Waals surface area contributed by atoms with Crippen molar-refractivity contribution < 1.29 is 57.5 Å². The van der Waals surface area contributed by atoms with Crippen LogP contribution in [-0.2, 0) is 52.4 Å². The number of hydrogen-bond donors (Lipinski definition) is 2. The highest BCUT2D eigenvalue weighted by Gasteiger charge is 2.58. The summed E-state index contributed by atoms with van der Waals surface area (Å²) in [5.41, 5.74) is 0. The van der Waals surface area contributed by atoms with E-state index in [2.05, 4.69) is 5.32 Å². The van der Waals surface area contributed by atoms with Crippen LogP contribution in [0, 0.1) is 0 Å². The van der Waals surface area contributed by atoms with Crippen molar-refractivity contribution in [2.24, 2.45) is 0 Å². The third-order valence-electron chi connectivity index (χ3n) is 4.55. The highest BCUT2D eigenvalue weighted by Crippen LogP contribution is 2.36. The second kappa shape index (κ2) is 11.7. The fourth-order valence-corrected chi connectivity index (χ4v) is 3.42. The van der Waals surface area contributed by atoms with Gasteiger partial charge in [0.2, 0.25) is 5.91 Å². The topological polar surface area (TPSA) is 173 Å². The van der Waals surface area contributed by atoms with Crippen molar-refractivity contribution in [3.63, 3.8) is 0 Å². The van der Waals surface area contributed by atoms with Crippen molar-refractivity contribution in [2.75, 3.05) is 20.8 Å². The van der Waals surface area contributed by atoms with Crippen LogP contribution >= 0.6 is 0 Å². The Morgan fingerprint density at radius 3 is 2.03 bits per heavy atom. The monoisotopic (exact) mass is 463 g/mol. The smallest absolute Gasteiger partial charge is 0.366 e. The number of aliphatic hydroxyl groups is 1. The van der Waals surface area contributed by atoms with Crippen LogP contribution in [0.5, 0.6) is 0 Å². The first-order valence-corrected chi connectivity index (χ1v) is 9.61. The van der Waals surface area contributed by atoms with Crippen LogP contribution in [0.15, 0.2) is 0 Å². The zero-order chi connectivity index (χ0) is 24.6. The number of esters is 4. The lowest BCUT2D eigenvalue weighted by Gasteiger charge is -2.48. The molecule has 1 fully saturated rings. The van der Waals surface area contributed by atoms with Crippen molar-refractivity contribution in [2.45, 2.75) is 70.4 Å². The van der Waals surface area contributed by atoms with Gasteiger partial charge in [-0.25, -0.2) is 4.79 Å². The zero-order valence-electron chi connectivity index (χ0n) is 18.7. The SMILES string of the molecule is COC(=O)[C@]1(OC)C[C@H](OC(C)=O)[C@@H](NC(C)=O)[C@H]([C@H](OC(C)=O)[C@@H](CO)OC(C)=O)O1. The second-order valence-corrected chi connectivity index (χ2v) is 7.01. The Hall–Kier alpha value is -2.77. The van der Waals surface area contributed by atoms with E-state index < -0.39 is 72.6 Å². The number of ether oxygens (including phenoxy) is 6. The molecule has 0 aromatic heterocycles. The van der Waals surface area contributed by atoms with Gasteiger partial charge in [-0.1, -0.05) is 0 Å². The number of hydrogen-bond acceptors (Lipinski definition) is 12. The maximum absolute atomic E-state index is 12.5. The van der Waals surface area contributed by atoms with Crippen molar-refractivity contribution in [3.05, 3.63) is 0 Å². The molecular formula is C19H29NO12. The normalized spacial score (nSPS) is 26.8. The lowest BCUT2D eigenvalue weighted by molar-refractivity contribution is -0.307. The molecule has 13 heteroatoms. The number of rotatable bonds is 9. The lowest BCUT2D eigenvalue weighted by Crippen LogP contribution is -2.69. The number of amides is 1. The van der Waals surface area contributed by atoms with E-state index in [1.165, 1.54) is 6.92 Å². The van der Waals surface area contributed by atoms with E-state index in [1.54, 1.807) is 0 Å². The molecule has 1 amide bonds. The minimum atomic E-state index is -2.14. The van der Waals surface area contributed by atoms with Crippen molar-refractivity contribution in [1.82, 2.24) is 5.32 Å². The minimum absolute atomic E-state index is 0.388. The van der Waals surface area contributed by atoms with Crippen LogP contribution in [0.4, 0.5) is 0 Å². The predicted octanol–water partition coefficient (Wildman–Crippen LogP) is -1.42. The van der Waals surface area contributed by atoms with Crippen LogP contribution in [0.25, 0.3) is 0 Å². The van der Waals surface area contributed by atoms with Crippen molar-refractivity contribution in [3.8, 4) is 0 Å². The summed E-state index contributed by atoms with van der Waals surface area (Å²) in [6.45, 7) is 3.60. The van der Waals surface area contributed by atoms with Gasteiger partial charge in [0.1, 0.15) is 12.2 Å². The highest BCUT2D eigenvalue weighted by molar-refractivity contribution is 5.78. The molecule has 0 aromatic carbocycles. The molecule has 1 saturated heterocycles. The Labute approximate surface area is 184 Å². The van der Waals surface area contributed by atoms with Gasteiger partial charge < -0.3 is 38.8 Å². The molecule has 1 aliphatic rings. The van der Waals surface area contributed by atoms with Crippen LogP contribution in [0.3, 0.4) is 0 Å². The van der Waals surface area contributed by atoms with E-state index >= 15 is 0 Å². The number of aliphatic hydroxyl groups excluding tert-OH is 1. The summed E-state index contributed by atoms with van der Waals surface area (Å²) in [6.07, 6.45) is -6.10. The van der Waals surface area contributed by atoms with Crippen LogP contribution < -0.4 is 5.32 Å². The largest absolute Gasteiger partial charge is 0.465 e. The van der Waals surface area contributed by atoms with Gasteiger partial charge in [-0.2, -0.15) is 0 Å². The standard InChI is InChI=1S/C19H29NO12/c1-9(22)20-15-13(29-10(2)23)7-19(28-6,18(26)27-5)32-17(15)16(31-12(4)25)14(8-21)30-11(3)24/h13-17,21H,7-8H2,1-6H3,(H,20,22)/t13-,14+,15+,16+,17+,19-/m0/s1. The molecule has 0 aromatic rings. The fourth-order valence-electron chi connectivity index (χ4n) is 3.42. The Kier molecular flexibility index (Phi) is 10.0. The molecule has 1 rings (SSSR count). The minimum Gasteiger partial charge on any atom is -0.465 e. The molecule has 0 saturated carbocycles. The first kappa shape index (κ1) is 27.3. The van der Waals surface area contributed by atoms with Gasteiger partial charge in [-0.05, 0) is 0 Å².